The van der Waals surface area contributed by atoms with Gasteiger partial charge in [-0.3, -0.25) is 4.79 Å². The summed E-state index contributed by atoms with van der Waals surface area (Å²) in [5.41, 5.74) is 5.00. The summed E-state index contributed by atoms with van der Waals surface area (Å²) in [5.74, 6) is 1.70. The van der Waals surface area contributed by atoms with Crippen LogP contribution >= 0.6 is 12.4 Å². The molecule has 3 heterocycles. The monoisotopic (exact) mass is 477 g/mol. The van der Waals surface area contributed by atoms with Crippen molar-refractivity contribution in [1.29, 1.82) is 0 Å². The van der Waals surface area contributed by atoms with Crippen molar-refractivity contribution >= 4 is 40.3 Å². The van der Waals surface area contributed by atoms with Crippen molar-refractivity contribution in [1.82, 2.24) is 24.8 Å². The van der Waals surface area contributed by atoms with Crippen molar-refractivity contribution in [2.45, 2.75) is 44.7 Å². The number of para-hydroxylation sites is 1. The smallest absolute Gasteiger partial charge is 0.251 e. The van der Waals surface area contributed by atoms with Gasteiger partial charge in [-0.25, -0.2) is 4.98 Å². The third-order valence-corrected chi connectivity index (χ3v) is 7.20. The minimum absolute atomic E-state index is 0. The molecule has 2 N–H and O–H groups in total. The molecule has 1 saturated carbocycles. The number of imidazole rings is 1. The second-order valence-electron chi connectivity index (χ2n) is 9.71. The van der Waals surface area contributed by atoms with E-state index in [1.54, 1.807) is 0 Å². The molecule has 2 aliphatic rings. The van der Waals surface area contributed by atoms with Crippen LogP contribution in [0.3, 0.4) is 0 Å². The maximum absolute atomic E-state index is 13.0. The molecular formula is C27H32ClN5O. The molecule has 0 spiro atoms. The van der Waals surface area contributed by atoms with Crippen molar-refractivity contribution < 1.29 is 4.79 Å². The van der Waals surface area contributed by atoms with Gasteiger partial charge in [-0.15, -0.1) is 12.4 Å². The number of benzene rings is 2. The van der Waals surface area contributed by atoms with Gasteiger partial charge in [0.05, 0.1) is 16.7 Å². The van der Waals surface area contributed by atoms with E-state index in [2.05, 4.69) is 57.1 Å². The van der Waals surface area contributed by atoms with Gasteiger partial charge >= 0.3 is 0 Å². The number of carbonyl (C=O) groups is 1. The van der Waals surface area contributed by atoms with Crippen LogP contribution in [0, 0.1) is 5.92 Å². The molecule has 0 bridgehead atoms. The number of aryl methyl sites for hydroxylation is 1. The zero-order valence-electron chi connectivity index (χ0n) is 19.6. The van der Waals surface area contributed by atoms with Gasteiger partial charge in [0.1, 0.15) is 0 Å². The van der Waals surface area contributed by atoms with Crippen LogP contribution in [-0.4, -0.2) is 39.2 Å². The van der Waals surface area contributed by atoms with E-state index < -0.39 is 0 Å². The summed E-state index contributed by atoms with van der Waals surface area (Å²) in [5, 5.41) is 7.87. The molecule has 0 radical (unpaired) electrons. The number of halogens is 1. The highest BCUT2D eigenvalue weighted by molar-refractivity contribution is 5.98. The molecule has 1 amide bonds. The number of carbonyl (C=O) groups excluding carboxylic acids is 1. The Labute approximate surface area is 206 Å². The molecule has 2 fully saturated rings. The zero-order chi connectivity index (χ0) is 22.4. The Kier molecular flexibility index (Phi) is 6.36. The van der Waals surface area contributed by atoms with E-state index in [-0.39, 0.29) is 24.4 Å². The van der Waals surface area contributed by atoms with E-state index in [4.69, 9.17) is 4.98 Å². The van der Waals surface area contributed by atoms with Crippen LogP contribution in [0.5, 0.6) is 0 Å². The number of nitrogens with zero attached hydrogens (tertiary/aromatic N) is 3. The number of hydrogen-bond donors (Lipinski definition) is 2. The highest BCUT2D eigenvalue weighted by Gasteiger charge is 2.25. The molecule has 4 aromatic rings. The fraction of sp³-hybridized carbons (Fsp3) is 0.407. The fourth-order valence-corrected chi connectivity index (χ4v) is 5.13. The molecule has 1 aliphatic carbocycles. The lowest BCUT2D eigenvalue weighted by molar-refractivity contribution is 0.0935. The van der Waals surface area contributed by atoms with E-state index >= 15 is 0 Å². The predicted octanol–water partition coefficient (Wildman–Crippen LogP) is 4.90. The van der Waals surface area contributed by atoms with Crippen LogP contribution < -0.4 is 10.6 Å². The zero-order valence-corrected chi connectivity index (χ0v) is 20.4. The van der Waals surface area contributed by atoms with Crippen molar-refractivity contribution in [3.05, 3.63) is 54.1 Å². The topological polar surface area (TPSA) is 63.9 Å². The summed E-state index contributed by atoms with van der Waals surface area (Å²) in [4.78, 5) is 18.0. The lowest BCUT2D eigenvalue weighted by atomic mass is 10.1. The van der Waals surface area contributed by atoms with Gasteiger partial charge in [0, 0.05) is 42.6 Å². The van der Waals surface area contributed by atoms with Gasteiger partial charge < -0.3 is 19.8 Å². The largest absolute Gasteiger partial charge is 0.348 e. The SMILES string of the molecule is Cl.Cn1c(-c2cc3ccccc3n2CC2CC2)nc2cc(C(=O)NC3CCCCNC3)ccc21. The van der Waals surface area contributed by atoms with Crippen molar-refractivity contribution in [2.24, 2.45) is 13.0 Å². The molecule has 1 aliphatic heterocycles. The van der Waals surface area contributed by atoms with E-state index in [9.17, 15) is 4.79 Å². The van der Waals surface area contributed by atoms with Crippen LogP contribution in [0.2, 0.25) is 0 Å². The summed E-state index contributed by atoms with van der Waals surface area (Å²) >= 11 is 0. The molecule has 2 aromatic carbocycles. The maximum Gasteiger partial charge on any atom is 0.251 e. The van der Waals surface area contributed by atoms with Crippen molar-refractivity contribution in [3.8, 4) is 11.5 Å². The number of fused-ring (bicyclic) bond motifs is 2. The van der Waals surface area contributed by atoms with Gasteiger partial charge in [-0.05, 0) is 68.5 Å². The molecule has 2 aromatic heterocycles. The molecule has 7 heteroatoms. The average molecular weight is 478 g/mol. The molecule has 34 heavy (non-hydrogen) atoms. The Morgan fingerprint density at radius 2 is 1.94 bits per heavy atom. The summed E-state index contributed by atoms with van der Waals surface area (Å²) in [6, 6.07) is 16.9. The quantitative estimate of drug-likeness (QED) is 0.429. The van der Waals surface area contributed by atoms with Gasteiger partial charge in [0.25, 0.3) is 5.91 Å². The Balaban J connectivity index is 0.00000241. The van der Waals surface area contributed by atoms with Crippen LogP contribution in [-0.2, 0) is 13.6 Å². The molecule has 1 saturated heterocycles. The van der Waals surface area contributed by atoms with Crippen molar-refractivity contribution in [3.63, 3.8) is 0 Å². The number of rotatable bonds is 5. The molecule has 6 rings (SSSR count). The molecular weight excluding hydrogens is 446 g/mol. The highest BCUT2D eigenvalue weighted by Crippen LogP contribution is 2.36. The fourth-order valence-electron chi connectivity index (χ4n) is 5.13. The normalized spacial score (nSPS) is 18.6. The van der Waals surface area contributed by atoms with E-state index in [1.807, 2.05) is 18.2 Å². The van der Waals surface area contributed by atoms with Crippen molar-refractivity contribution in [2.75, 3.05) is 13.1 Å². The van der Waals surface area contributed by atoms with E-state index in [0.717, 1.165) is 60.9 Å². The van der Waals surface area contributed by atoms with E-state index in [0.29, 0.717) is 5.56 Å². The minimum atomic E-state index is -0.0133. The van der Waals surface area contributed by atoms with Gasteiger partial charge in [-0.1, -0.05) is 24.6 Å². The highest BCUT2D eigenvalue weighted by atomic mass is 35.5. The maximum atomic E-state index is 13.0. The Morgan fingerprint density at radius 1 is 1.09 bits per heavy atom. The third-order valence-electron chi connectivity index (χ3n) is 7.20. The number of nitrogens with one attached hydrogen (secondary N) is 2. The lowest BCUT2D eigenvalue weighted by Crippen LogP contribution is -2.40. The molecule has 1 atom stereocenters. The second-order valence-corrected chi connectivity index (χ2v) is 9.71. The Hall–Kier alpha value is -2.83. The molecule has 6 nitrogen and oxygen atoms in total. The lowest BCUT2D eigenvalue weighted by Gasteiger charge is -2.16. The van der Waals surface area contributed by atoms with E-state index in [1.165, 1.54) is 30.2 Å². The minimum Gasteiger partial charge on any atom is -0.348 e. The van der Waals surface area contributed by atoms with Gasteiger partial charge in [0.15, 0.2) is 5.82 Å². The van der Waals surface area contributed by atoms with Crippen LogP contribution in [0.1, 0.15) is 42.5 Å². The Morgan fingerprint density at radius 3 is 2.79 bits per heavy atom. The first-order chi connectivity index (χ1) is 16.2. The summed E-state index contributed by atoms with van der Waals surface area (Å²) in [7, 11) is 2.07. The number of hydrogen-bond acceptors (Lipinski definition) is 3. The van der Waals surface area contributed by atoms with Crippen LogP contribution in [0.15, 0.2) is 48.5 Å². The third kappa shape index (κ3) is 4.32. The number of amides is 1. The average Bonchev–Trinajstić information content (AvgIpc) is 3.56. The van der Waals surface area contributed by atoms with Crippen LogP contribution in [0.25, 0.3) is 33.5 Å². The summed E-state index contributed by atoms with van der Waals surface area (Å²) < 4.78 is 4.59. The summed E-state index contributed by atoms with van der Waals surface area (Å²) in [6.07, 6.45) is 5.97. The van der Waals surface area contributed by atoms with Gasteiger partial charge in [-0.2, -0.15) is 0 Å². The first-order valence-electron chi connectivity index (χ1n) is 12.2. The van der Waals surface area contributed by atoms with Gasteiger partial charge in [0.2, 0.25) is 0 Å². The molecule has 1 unspecified atom stereocenters. The predicted molar refractivity (Wildman–Crippen MR) is 140 cm³/mol. The first-order valence-corrected chi connectivity index (χ1v) is 12.2. The number of aromatic nitrogens is 3. The second kappa shape index (κ2) is 9.43. The summed E-state index contributed by atoms with van der Waals surface area (Å²) in [6.45, 7) is 2.91. The molecule has 178 valence electrons. The first kappa shape index (κ1) is 22.9. The Bertz CT molecular complexity index is 1330. The standard InChI is InChI=1S/C27H31N5O.ClH/c1-31-24-12-11-20(27(33)29-21-7-4-5-13-28-16-21)14-22(24)30-26(31)25-15-19-6-2-3-8-23(19)32(25)17-18-9-10-18;/h2-3,6,8,11-12,14-15,18,21,28H,4-5,7,9-10,13,16-17H2,1H3,(H,29,33);1H. The van der Waals surface area contributed by atoms with Crippen LogP contribution in [0.4, 0.5) is 0 Å².